The predicted octanol–water partition coefficient (Wildman–Crippen LogP) is 2.77. The summed E-state index contributed by atoms with van der Waals surface area (Å²) in [4.78, 5) is 2.33. The molecule has 0 aliphatic rings. The third-order valence-electron chi connectivity index (χ3n) is 2.76. The highest BCUT2D eigenvalue weighted by Gasteiger charge is 2.08. The minimum absolute atomic E-state index is 0.527. The van der Waals surface area contributed by atoms with E-state index >= 15 is 0 Å². The summed E-state index contributed by atoms with van der Waals surface area (Å²) in [5.74, 6) is 0. The highest BCUT2D eigenvalue weighted by molar-refractivity contribution is 6.30. The molecule has 1 N–H and O–H groups in total. The minimum Gasteiger partial charge on any atom is -0.315 e. The van der Waals surface area contributed by atoms with E-state index in [1.165, 1.54) is 5.56 Å². The first kappa shape index (κ1) is 13.5. The van der Waals surface area contributed by atoms with Crippen molar-refractivity contribution in [3.63, 3.8) is 0 Å². The fourth-order valence-corrected chi connectivity index (χ4v) is 1.80. The number of nitrogens with one attached hydrogen (secondary N) is 1. The van der Waals surface area contributed by atoms with Crippen LogP contribution in [0.3, 0.4) is 0 Å². The van der Waals surface area contributed by atoms with Gasteiger partial charge in [-0.3, -0.25) is 4.90 Å². The number of nitrogens with zero attached hydrogens (tertiary/aromatic N) is 1. The van der Waals surface area contributed by atoms with Gasteiger partial charge in [-0.05, 0) is 38.2 Å². The molecule has 0 radical (unpaired) electrons. The Kier molecular flexibility index (Phi) is 5.81. The van der Waals surface area contributed by atoms with Crippen molar-refractivity contribution >= 4 is 11.6 Å². The van der Waals surface area contributed by atoms with Crippen molar-refractivity contribution in [2.45, 2.75) is 26.4 Å². The maximum absolute atomic E-state index is 5.96. The number of rotatable bonds is 6. The summed E-state index contributed by atoms with van der Waals surface area (Å²) in [5, 5.41) is 4.17. The number of hydrogen-bond donors (Lipinski definition) is 1. The van der Waals surface area contributed by atoms with E-state index in [1.807, 2.05) is 18.2 Å². The quantitative estimate of drug-likeness (QED) is 0.823. The molecule has 1 aromatic rings. The Balaban J connectivity index is 2.47. The average molecular weight is 241 g/mol. The van der Waals surface area contributed by atoms with E-state index < -0.39 is 0 Å². The summed E-state index contributed by atoms with van der Waals surface area (Å²) in [7, 11) is 2.14. The van der Waals surface area contributed by atoms with Crippen LogP contribution in [0.1, 0.15) is 19.4 Å². The lowest BCUT2D eigenvalue weighted by atomic mass is 10.2. The first-order valence-corrected chi connectivity index (χ1v) is 6.16. The number of likely N-dealkylation sites (N-methyl/N-ethyl adjacent to an activating group) is 2. The SMILES string of the molecule is CCNCC(C)N(C)Cc1cccc(Cl)c1. The zero-order valence-electron chi connectivity index (χ0n) is 10.3. The molecule has 2 nitrogen and oxygen atoms in total. The molecule has 0 saturated heterocycles. The molecule has 1 aromatic carbocycles. The van der Waals surface area contributed by atoms with Gasteiger partial charge in [0.1, 0.15) is 0 Å². The molecule has 90 valence electrons. The fourth-order valence-electron chi connectivity index (χ4n) is 1.59. The van der Waals surface area contributed by atoms with Gasteiger partial charge in [-0.15, -0.1) is 0 Å². The van der Waals surface area contributed by atoms with E-state index in [1.54, 1.807) is 0 Å². The summed E-state index contributed by atoms with van der Waals surface area (Å²) in [6.45, 7) is 7.34. The Labute approximate surface area is 104 Å². The maximum atomic E-state index is 5.96. The molecule has 0 spiro atoms. The second kappa shape index (κ2) is 6.89. The summed E-state index contributed by atoms with van der Waals surface area (Å²) < 4.78 is 0. The maximum Gasteiger partial charge on any atom is 0.0409 e. The van der Waals surface area contributed by atoms with Gasteiger partial charge < -0.3 is 5.32 Å². The lowest BCUT2D eigenvalue weighted by molar-refractivity contribution is 0.244. The van der Waals surface area contributed by atoms with Crippen molar-refractivity contribution < 1.29 is 0 Å². The van der Waals surface area contributed by atoms with Crippen LogP contribution in [0.25, 0.3) is 0 Å². The topological polar surface area (TPSA) is 15.3 Å². The van der Waals surface area contributed by atoms with E-state index in [4.69, 9.17) is 11.6 Å². The van der Waals surface area contributed by atoms with Crippen LogP contribution in [0.15, 0.2) is 24.3 Å². The van der Waals surface area contributed by atoms with Crippen LogP contribution in [0.5, 0.6) is 0 Å². The van der Waals surface area contributed by atoms with Crippen LogP contribution in [0.4, 0.5) is 0 Å². The molecular weight excluding hydrogens is 220 g/mol. The lowest BCUT2D eigenvalue weighted by Gasteiger charge is -2.25. The van der Waals surface area contributed by atoms with Crippen molar-refractivity contribution in [3.05, 3.63) is 34.9 Å². The standard InChI is InChI=1S/C13H21ClN2/c1-4-15-9-11(2)16(3)10-12-6-5-7-13(14)8-12/h5-8,11,15H,4,9-10H2,1-3H3. The van der Waals surface area contributed by atoms with Crippen LogP contribution in [0, 0.1) is 0 Å². The second-order valence-electron chi connectivity index (χ2n) is 4.20. The van der Waals surface area contributed by atoms with E-state index in [-0.39, 0.29) is 0 Å². The molecule has 16 heavy (non-hydrogen) atoms. The van der Waals surface area contributed by atoms with Gasteiger partial charge in [0.2, 0.25) is 0 Å². The lowest BCUT2D eigenvalue weighted by Crippen LogP contribution is -2.37. The van der Waals surface area contributed by atoms with Gasteiger partial charge in [-0.25, -0.2) is 0 Å². The second-order valence-corrected chi connectivity index (χ2v) is 4.64. The van der Waals surface area contributed by atoms with E-state index in [0.29, 0.717) is 6.04 Å². The van der Waals surface area contributed by atoms with Crippen molar-refractivity contribution in [2.75, 3.05) is 20.1 Å². The van der Waals surface area contributed by atoms with Gasteiger partial charge in [-0.2, -0.15) is 0 Å². The van der Waals surface area contributed by atoms with E-state index in [9.17, 15) is 0 Å². The van der Waals surface area contributed by atoms with Crippen molar-refractivity contribution in [1.82, 2.24) is 10.2 Å². The van der Waals surface area contributed by atoms with Gasteiger partial charge >= 0.3 is 0 Å². The van der Waals surface area contributed by atoms with Crippen molar-refractivity contribution in [1.29, 1.82) is 0 Å². The van der Waals surface area contributed by atoms with Crippen LogP contribution >= 0.6 is 11.6 Å². The van der Waals surface area contributed by atoms with E-state index in [2.05, 4.69) is 37.2 Å². The molecule has 0 aromatic heterocycles. The van der Waals surface area contributed by atoms with Crippen molar-refractivity contribution in [2.24, 2.45) is 0 Å². The molecule has 0 bridgehead atoms. The zero-order chi connectivity index (χ0) is 12.0. The molecular formula is C13H21ClN2. The molecule has 0 amide bonds. The minimum atomic E-state index is 0.527. The Morgan fingerprint density at radius 1 is 1.44 bits per heavy atom. The first-order valence-electron chi connectivity index (χ1n) is 5.79. The molecule has 3 heteroatoms. The van der Waals surface area contributed by atoms with Gasteiger partial charge in [0.05, 0.1) is 0 Å². The molecule has 0 aliphatic carbocycles. The van der Waals surface area contributed by atoms with Gasteiger partial charge in [0.15, 0.2) is 0 Å². The summed E-state index contributed by atoms with van der Waals surface area (Å²) in [6.07, 6.45) is 0. The average Bonchev–Trinajstić information content (AvgIpc) is 2.25. The molecule has 0 heterocycles. The Morgan fingerprint density at radius 2 is 2.19 bits per heavy atom. The van der Waals surface area contributed by atoms with Crippen LogP contribution in [-0.4, -0.2) is 31.1 Å². The normalized spacial score (nSPS) is 13.1. The molecule has 1 atom stereocenters. The third kappa shape index (κ3) is 4.52. The summed E-state index contributed by atoms with van der Waals surface area (Å²) in [6, 6.07) is 8.58. The highest BCUT2D eigenvalue weighted by Crippen LogP contribution is 2.12. The smallest absolute Gasteiger partial charge is 0.0409 e. The number of halogens is 1. The van der Waals surface area contributed by atoms with Gasteiger partial charge in [-0.1, -0.05) is 30.7 Å². The number of benzene rings is 1. The van der Waals surface area contributed by atoms with Crippen molar-refractivity contribution in [3.8, 4) is 0 Å². The van der Waals surface area contributed by atoms with Crippen LogP contribution in [-0.2, 0) is 6.54 Å². The Bertz CT molecular complexity index is 315. The molecule has 0 aliphatic heterocycles. The molecule has 1 unspecified atom stereocenters. The van der Waals surface area contributed by atoms with Gasteiger partial charge in [0, 0.05) is 24.2 Å². The molecule has 0 fully saturated rings. The molecule has 1 rings (SSSR count). The number of hydrogen-bond acceptors (Lipinski definition) is 2. The van der Waals surface area contributed by atoms with Crippen LogP contribution in [0.2, 0.25) is 5.02 Å². The largest absolute Gasteiger partial charge is 0.315 e. The third-order valence-corrected chi connectivity index (χ3v) is 3.00. The highest BCUT2D eigenvalue weighted by atomic mass is 35.5. The molecule has 0 saturated carbocycles. The summed E-state index contributed by atoms with van der Waals surface area (Å²) in [5.41, 5.74) is 1.26. The Hall–Kier alpha value is -0.570. The first-order chi connectivity index (χ1) is 7.63. The van der Waals surface area contributed by atoms with Gasteiger partial charge in [0.25, 0.3) is 0 Å². The fraction of sp³-hybridized carbons (Fsp3) is 0.538. The Morgan fingerprint density at radius 3 is 2.81 bits per heavy atom. The monoisotopic (exact) mass is 240 g/mol. The van der Waals surface area contributed by atoms with E-state index in [0.717, 1.165) is 24.7 Å². The summed E-state index contributed by atoms with van der Waals surface area (Å²) >= 11 is 5.96. The predicted molar refractivity (Wildman–Crippen MR) is 70.9 cm³/mol. The van der Waals surface area contributed by atoms with Crippen LogP contribution < -0.4 is 5.32 Å². The zero-order valence-corrected chi connectivity index (χ0v) is 11.1.